The van der Waals surface area contributed by atoms with E-state index in [9.17, 15) is 9.18 Å². The standard InChI is InChI=1S/C13H10FN3O2/c14-8-2-1-3-9(15)12(8)16-7-4-5-11-10(6-7)17-13(18)19-11/h1-6,16H,15H2,(H,17,18). The largest absolute Gasteiger partial charge is 0.417 e. The van der Waals surface area contributed by atoms with Gasteiger partial charge in [-0.2, -0.15) is 0 Å². The molecule has 1 aromatic heterocycles. The maximum atomic E-state index is 13.6. The molecule has 3 rings (SSSR count). The van der Waals surface area contributed by atoms with Crippen molar-refractivity contribution in [2.75, 3.05) is 11.1 Å². The third kappa shape index (κ3) is 2.03. The molecule has 0 fully saturated rings. The summed E-state index contributed by atoms with van der Waals surface area (Å²) in [4.78, 5) is 13.6. The Bertz CT molecular complexity index is 787. The van der Waals surface area contributed by atoms with Crippen LogP contribution >= 0.6 is 0 Å². The van der Waals surface area contributed by atoms with Crippen LogP contribution in [0.3, 0.4) is 0 Å². The molecule has 0 saturated carbocycles. The van der Waals surface area contributed by atoms with Crippen LogP contribution in [0.2, 0.25) is 0 Å². The molecule has 0 bridgehead atoms. The molecule has 4 N–H and O–H groups in total. The van der Waals surface area contributed by atoms with Gasteiger partial charge in [0, 0.05) is 5.69 Å². The minimum atomic E-state index is -0.530. The average Bonchev–Trinajstić information content (AvgIpc) is 2.73. The van der Waals surface area contributed by atoms with E-state index in [0.717, 1.165) is 0 Å². The van der Waals surface area contributed by atoms with Gasteiger partial charge in [0.05, 0.1) is 16.9 Å². The summed E-state index contributed by atoms with van der Waals surface area (Å²) >= 11 is 0. The van der Waals surface area contributed by atoms with Crippen LogP contribution in [0.1, 0.15) is 0 Å². The summed E-state index contributed by atoms with van der Waals surface area (Å²) in [5.74, 6) is -0.974. The molecule has 0 atom stereocenters. The first-order valence-electron chi connectivity index (χ1n) is 5.57. The maximum Gasteiger partial charge on any atom is 0.417 e. The van der Waals surface area contributed by atoms with Crippen molar-refractivity contribution < 1.29 is 8.81 Å². The lowest BCUT2D eigenvalue weighted by Crippen LogP contribution is -1.99. The molecule has 6 heteroatoms. The zero-order chi connectivity index (χ0) is 13.4. The Morgan fingerprint density at radius 2 is 2.11 bits per heavy atom. The van der Waals surface area contributed by atoms with Crippen LogP contribution in [0.5, 0.6) is 0 Å². The van der Waals surface area contributed by atoms with Crippen LogP contribution in [-0.4, -0.2) is 4.98 Å². The molecule has 0 amide bonds. The topological polar surface area (TPSA) is 84.0 Å². The van der Waals surface area contributed by atoms with E-state index in [0.29, 0.717) is 22.5 Å². The van der Waals surface area contributed by atoms with Gasteiger partial charge in [-0.15, -0.1) is 0 Å². The molecule has 96 valence electrons. The number of fused-ring (bicyclic) bond motifs is 1. The van der Waals surface area contributed by atoms with E-state index < -0.39 is 11.6 Å². The van der Waals surface area contributed by atoms with Gasteiger partial charge in [-0.3, -0.25) is 4.98 Å². The fourth-order valence-electron chi connectivity index (χ4n) is 1.85. The second-order valence-corrected chi connectivity index (χ2v) is 4.05. The van der Waals surface area contributed by atoms with Crippen LogP contribution in [-0.2, 0) is 0 Å². The number of nitrogen functional groups attached to an aromatic ring is 1. The predicted molar refractivity (Wildman–Crippen MR) is 70.9 cm³/mol. The Labute approximate surface area is 106 Å². The van der Waals surface area contributed by atoms with Crippen molar-refractivity contribution in [3.05, 3.63) is 52.8 Å². The zero-order valence-electron chi connectivity index (χ0n) is 9.74. The summed E-state index contributed by atoms with van der Waals surface area (Å²) in [6.45, 7) is 0. The summed E-state index contributed by atoms with van der Waals surface area (Å²) in [5.41, 5.74) is 7.79. The highest BCUT2D eigenvalue weighted by atomic mass is 19.1. The van der Waals surface area contributed by atoms with Crippen molar-refractivity contribution >= 4 is 28.2 Å². The van der Waals surface area contributed by atoms with Crippen molar-refractivity contribution in [1.29, 1.82) is 0 Å². The first-order chi connectivity index (χ1) is 9.13. The average molecular weight is 259 g/mol. The SMILES string of the molecule is Nc1cccc(F)c1Nc1ccc2oc(=O)[nH]c2c1. The number of nitrogens with two attached hydrogens (primary N) is 1. The van der Waals surface area contributed by atoms with Gasteiger partial charge < -0.3 is 15.5 Å². The Hall–Kier alpha value is -2.76. The van der Waals surface area contributed by atoms with Gasteiger partial charge in [0.2, 0.25) is 0 Å². The van der Waals surface area contributed by atoms with Crippen LogP contribution < -0.4 is 16.8 Å². The van der Waals surface area contributed by atoms with Crippen molar-refractivity contribution in [2.45, 2.75) is 0 Å². The van der Waals surface area contributed by atoms with Gasteiger partial charge in [-0.05, 0) is 30.3 Å². The molecule has 5 nitrogen and oxygen atoms in total. The van der Waals surface area contributed by atoms with Gasteiger partial charge in [-0.1, -0.05) is 6.07 Å². The van der Waals surface area contributed by atoms with Gasteiger partial charge in [0.25, 0.3) is 0 Å². The Balaban J connectivity index is 2.03. The third-order valence-electron chi connectivity index (χ3n) is 2.73. The van der Waals surface area contributed by atoms with Crippen LogP contribution in [0, 0.1) is 5.82 Å². The monoisotopic (exact) mass is 259 g/mol. The number of H-pyrrole nitrogens is 1. The highest BCUT2D eigenvalue weighted by Crippen LogP contribution is 2.27. The number of rotatable bonds is 2. The molecule has 0 aliphatic rings. The highest BCUT2D eigenvalue weighted by Gasteiger charge is 2.07. The number of hydrogen-bond acceptors (Lipinski definition) is 4. The molecule has 0 radical (unpaired) electrons. The molecule has 0 aliphatic heterocycles. The number of halogens is 1. The summed E-state index contributed by atoms with van der Waals surface area (Å²) in [7, 11) is 0. The van der Waals surface area contributed by atoms with Crippen molar-refractivity contribution in [1.82, 2.24) is 4.98 Å². The quantitative estimate of drug-likeness (QED) is 0.617. The van der Waals surface area contributed by atoms with Crippen molar-refractivity contribution in [2.24, 2.45) is 0 Å². The van der Waals surface area contributed by atoms with Gasteiger partial charge in [0.1, 0.15) is 5.82 Å². The van der Waals surface area contributed by atoms with E-state index >= 15 is 0 Å². The normalized spacial score (nSPS) is 10.8. The number of hydrogen-bond donors (Lipinski definition) is 3. The molecule has 2 aromatic carbocycles. The first kappa shape index (κ1) is 11.3. The summed E-state index contributed by atoms with van der Waals surface area (Å²) < 4.78 is 18.5. The zero-order valence-corrected chi connectivity index (χ0v) is 9.74. The van der Waals surface area contributed by atoms with E-state index in [1.807, 2.05) is 0 Å². The van der Waals surface area contributed by atoms with Crippen molar-refractivity contribution in [3.63, 3.8) is 0 Å². The van der Waals surface area contributed by atoms with Crippen molar-refractivity contribution in [3.8, 4) is 0 Å². The lowest BCUT2D eigenvalue weighted by atomic mass is 10.2. The van der Waals surface area contributed by atoms with Gasteiger partial charge >= 0.3 is 5.76 Å². The van der Waals surface area contributed by atoms with E-state index in [1.165, 1.54) is 12.1 Å². The fourth-order valence-corrected chi connectivity index (χ4v) is 1.85. The highest BCUT2D eigenvalue weighted by molar-refractivity contribution is 5.80. The predicted octanol–water partition coefficient (Wildman–Crippen LogP) is 2.59. The lowest BCUT2D eigenvalue weighted by molar-refractivity contribution is 0.555. The van der Waals surface area contributed by atoms with E-state index in [1.54, 1.807) is 24.3 Å². The fraction of sp³-hybridized carbons (Fsp3) is 0. The second kappa shape index (κ2) is 4.16. The van der Waals surface area contributed by atoms with Gasteiger partial charge in [-0.25, -0.2) is 9.18 Å². The van der Waals surface area contributed by atoms with E-state index in [2.05, 4.69) is 10.3 Å². The number of oxazole rings is 1. The van der Waals surface area contributed by atoms with E-state index in [4.69, 9.17) is 10.2 Å². The molecule has 0 saturated heterocycles. The van der Waals surface area contributed by atoms with Crippen LogP contribution in [0.15, 0.2) is 45.6 Å². The number of para-hydroxylation sites is 1. The summed E-state index contributed by atoms with van der Waals surface area (Å²) in [6.07, 6.45) is 0. The number of anilines is 3. The Morgan fingerprint density at radius 1 is 1.26 bits per heavy atom. The molecule has 1 heterocycles. The minimum absolute atomic E-state index is 0.202. The number of aromatic nitrogens is 1. The lowest BCUT2D eigenvalue weighted by Gasteiger charge is -2.09. The van der Waals surface area contributed by atoms with Gasteiger partial charge in [0.15, 0.2) is 5.58 Å². The van der Waals surface area contributed by atoms with Crippen LogP contribution in [0.25, 0.3) is 11.1 Å². The van der Waals surface area contributed by atoms with E-state index in [-0.39, 0.29) is 5.69 Å². The molecule has 0 unspecified atom stereocenters. The molecule has 19 heavy (non-hydrogen) atoms. The Morgan fingerprint density at radius 3 is 2.89 bits per heavy atom. The second-order valence-electron chi connectivity index (χ2n) is 4.05. The molecule has 3 aromatic rings. The molecular formula is C13H10FN3O2. The molecule has 0 spiro atoms. The smallest absolute Gasteiger partial charge is 0.408 e. The minimum Gasteiger partial charge on any atom is -0.408 e. The number of nitrogens with one attached hydrogen (secondary N) is 2. The van der Waals surface area contributed by atoms with Crippen LogP contribution in [0.4, 0.5) is 21.5 Å². The summed E-state index contributed by atoms with van der Waals surface area (Å²) in [5, 5.41) is 2.88. The molecule has 0 aliphatic carbocycles. The molecular weight excluding hydrogens is 249 g/mol. The number of benzene rings is 2. The first-order valence-corrected chi connectivity index (χ1v) is 5.57. The summed E-state index contributed by atoms with van der Waals surface area (Å²) in [6, 6.07) is 9.39. The maximum absolute atomic E-state index is 13.6. The Kier molecular flexibility index (Phi) is 2.49. The number of aromatic amines is 1. The third-order valence-corrected chi connectivity index (χ3v) is 2.73.